The maximum Gasteiger partial charge on any atom is 0.435 e. The van der Waals surface area contributed by atoms with Crippen LogP contribution in [0.5, 0.6) is 0 Å². The molecule has 3 aliphatic rings. The molecular weight excluding hydrogens is 451 g/mol. The molecule has 0 atom stereocenters. The number of carbonyl (C=O) groups excluding carboxylic acids is 1. The van der Waals surface area contributed by atoms with Crippen molar-refractivity contribution in [1.29, 1.82) is 0 Å². The molecule has 0 aromatic rings. The van der Waals surface area contributed by atoms with E-state index < -0.39 is 31.5 Å². The lowest BCUT2D eigenvalue weighted by atomic mass is 10.1. The van der Waals surface area contributed by atoms with Gasteiger partial charge in [-0.2, -0.15) is 16.8 Å². The third-order valence-corrected chi connectivity index (χ3v) is 3.16. The Bertz CT molecular complexity index is 669. The van der Waals surface area contributed by atoms with Crippen LogP contribution < -0.4 is 5.73 Å². The second kappa shape index (κ2) is 11.0. The molecule has 0 radical (unpaired) electrons. The number of halogens is 3. The Morgan fingerprint density at radius 2 is 1.15 bits per heavy atom. The molecule has 3 heterocycles. The zero-order valence-corrected chi connectivity index (χ0v) is 15.9. The van der Waals surface area contributed by atoms with Crippen molar-refractivity contribution >= 4 is 37.4 Å². The van der Waals surface area contributed by atoms with Gasteiger partial charge < -0.3 is 14.8 Å². The Morgan fingerprint density at radius 1 is 0.926 bits per heavy atom. The molecule has 0 unspecified atom stereocenters. The molecule has 0 aromatic carbocycles. The largest absolute Gasteiger partial charge is 0.722 e. The summed E-state index contributed by atoms with van der Waals surface area (Å²) in [6.45, 7) is 7.33. The molecule has 3 rings (SSSR count). The Morgan fingerprint density at radius 3 is 1.33 bits per heavy atom. The molecular formula is C8H18F3N3O10S3. The molecule has 13 nitrogen and oxygen atoms in total. The lowest BCUT2D eigenvalue weighted by molar-refractivity contribution is -0.933. The lowest BCUT2D eigenvalue weighted by Crippen LogP contribution is -2.68. The van der Waals surface area contributed by atoms with Gasteiger partial charge >= 0.3 is 21.0 Å². The number of nitrogens with zero attached hydrogens (tertiary/aromatic N) is 2. The zero-order valence-electron chi connectivity index (χ0n) is 13.4. The number of rotatable bonds is 2. The van der Waals surface area contributed by atoms with Crippen LogP contribution in [0.15, 0.2) is 0 Å². The van der Waals surface area contributed by atoms with Crippen molar-refractivity contribution < 1.29 is 59.8 Å². The van der Waals surface area contributed by atoms with Crippen molar-refractivity contribution in [2.24, 2.45) is 5.73 Å². The average molecular weight is 469 g/mol. The summed E-state index contributed by atoms with van der Waals surface area (Å²) in [5, 5.41) is 0. The molecule has 3 fully saturated rings. The van der Waals surface area contributed by atoms with E-state index in [2.05, 4.69) is 4.90 Å². The Kier molecular flexibility index (Phi) is 11.5. The molecule has 19 heteroatoms. The van der Waals surface area contributed by atoms with Crippen LogP contribution in [0.2, 0.25) is 0 Å². The standard InChI is InChI=1S/C8H15N3O.3FHO3S/c9-8(12)7-11-4-1-10(2-5-11)3-6-11;3*1-5(2,3)4/h1-7H2,(H-,9,12);3*(H,2,3,4). The summed E-state index contributed by atoms with van der Waals surface area (Å²) in [5.41, 5.74) is 5.23. The first-order valence-corrected chi connectivity index (χ1v) is 10.5. The maximum atomic E-state index is 10.8. The lowest BCUT2D eigenvalue weighted by Gasteiger charge is -2.49. The topological polar surface area (TPSA) is 212 Å². The number of quaternary nitrogens is 1. The van der Waals surface area contributed by atoms with E-state index >= 15 is 0 Å². The van der Waals surface area contributed by atoms with Crippen molar-refractivity contribution in [3.63, 3.8) is 0 Å². The Balaban J connectivity index is 0. The molecule has 164 valence electrons. The minimum atomic E-state index is -5.42. The number of amides is 1. The minimum Gasteiger partial charge on any atom is -0.722 e. The fourth-order valence-corrected chi connectivity index (χ4v) is 2.30. The highest BCUT2D eigenvalue weighted by Gasteiger charge is 2.39. The predicted molar refractivity (Wildman–Crippen MR) is 81.5 cm³/mol. The van der Waals surface area contributed by atoms with Crippen LogP contribution in [-0.2, 0) is 36.3 Å². The number of hydrogen-bond donors (Lipinski definition) is 3. The first-order valence-electron chi connectivity index (χ1n) is 6.55. The van der Waals surface area contributed by atoms with E-state index in [1.54, 1.807) is 0 Å². The van der Waals surface area contributed by atoms with Crippen LogP contribution in [-0.4, -0.2) is 100 Å². The van der Waals surface area contributed by atoms with Crippen LogP contribution in [0.3, 0.4) is 0 Å². The third-order valence-electron chi connectivity index (χ3n) is 3.16. The smallest absolute Gasteiger partial charge is 0.435 e. The van der Waals surface area contributed by atoms with E-state index in [0.717, 1.165) is 43.8 Å². The number of carbonyl (C=O) groups is 1. The number of nitrogens with two attached hydrogens (primary N) is 1. The van der Waals surface area contributed by atoms with Crippen molar-refractivity contribution in [3.8, 4) is 0 Å². The van der Waals surface area contributed by atoms with Gasteiger partial charge in [0.05, 0.1) is 19.6 Å². The van der Waals surface area contributed by atoms with Crippen molar-refractivity contribution in [1.82, 2.24) is 4.90 Å². The van der Waals surface area contributed by atoms with Gasteiger partial charge in [-0.15, -0.1) is 3.89 Å². The van der Waals surface area contributed by atoms with E-state index in [9.17, 15) is 16.5 Å². The monoisotopic (exact) mass is 469 g/mol. The summed E-state index contributed by atoms with van der Waals surface area (Å²) in [6.07, 6.45) is 0. The molecule has 1 amide bonds. The second-order valence-electron chi connectivity index (χ2n) is 5.20. The van der Waals surface area contributed by atoms with Crippen LogP contribution in [0.1, 0.15) is 0 Å². The molecule has 4 N–H and O–H groups in total. The summed E-state index contributed by atoms with van der Waals surface area (Å²) < 4.78 is 104. The van der Waals surface area contributed by atoms with Gasteiger partial charge in [0.25, 0.3) is 16.4 Å². The van der Waals surface area contributed by atoms with E-state index in [0.29, 0.717) is 6.54 Å². The summed E-state index contributed by atoms with van der Waals surface area (Å²) >= 11 is 0. The second-order valence-corrected chi connectivity index (χ2v) is 7.63. The number of piperazine rings is 3. The molecule has 0 aromatic heterocycles. The third kappa shape index (κ3) is 27.2. The highest BCUT2D eigenvalue weighted by molar-refractivity contribution is 7.80. The highest BCUT2D eigenvalue weighted by Crippen LogP contribution is 2.18. The van der Waals surface area contributed by atoms with Crippen LogP contribution in [0.4, 0.5) is 11.7 Å². The number of fused-ring (bicyclic) bond motifs is 3. The Hall–Kier alpha value is -1.09. The van der Waals surface area contributed by atoms with Crippen molar-refractivity contribution in [2.45, 2.75) is 0 Å². The van der Waals surface area contributed by atoms with Gasteiger partial charge in [-0.05, 0) is 0 Å². The molecule has 0 spiro atoms. The average Bonchev–Trinajstić information content (AvgIpc) is 2.33. The van der Waals surface area contributed by atoms with Crippen molar-refractivity contribution in [3.05, 3.63) is 0 Å². The van der Waals surface area contributed by atoms with Crippen LogP contribution in [0.25, 0.3) is 0 Å². The van der Waals surface area contributed by atoms with Crippen molar-refractivity contribution in [2.75, 3.05) is 45.8 Å². The highest BCUT2D eigenvalue weighted by atomic mass is 32.3. The minimum absolute atomic E-state index is 0.148. The van der Waals surface area contributed by atoms with Crippen LogP contribution in [0, 0.1) is 0 Å². The zero-order chi connectivity index (χ0) is 22.1. The number of hydrogen-bond acceptors (Lipinski definition) is 9. The summed E-state index contributed by atoms with van der Waals surface area (Å²) in [7, 11) is -15.7. The van der Waals surface area contributed by atoms with E-state index in [1.165, 1.54) is 0 Å². The summed E-state index contributed by atoms with van der Waals surface area (Å²) in [4.78, 5) is 13.3. The first-order chi connectivity index (χ1) is 11.7. The van der Waals surface area contributed by atoms with Gasteiger partial charge in [0.15, 0.2) is 6.54 Å². The molecule has 27 heavy (non-hydrogen) atoms. The van der Waals surface area contributed by atoms with Gasteiger partial charge in [0.2, 0.25) is 0 Å². The van der Waals surface area contributed by atoms with Gasteiger partial charge in [-0.25, -0.2) is 8.42 Å². The quantitative estimate of drug-likeness (QED) is 0.219. The fourth-order valence-electron chi connectivity index (χ4n) is 2.30. The van der Waals surface area contributed by atoms with E-state index in [4.69, 9.17) is 44.6 Å². The number of primary amides is 1. The Labute approximate surface area is 154 Å². The predicted octanol–water partition coefficient (Wildman–Crippen LogP) is -2.45. The first kappa shape index (κ1) is 28.1. The fraction of sp³-hybridized carbons (Fsp3) is 0.875. The van der Waals surface area contributed by atoms with E-state index in [-0.39, 0.29) is 5.91 Å². The summed E-state index contributed by atoms with van der Waals surface area (Å²) in [6, 6.07) is 0. The molecule has 2 bridgehead atoms. The molecule has 3 saturated heterocycles. The molecule has 0 aliphatic carbocycles. The van der Waals surface area contributed by atoms with Gasteiger partial charge in [-0.3, -0.25) is 18.8 Å². The van der Waals surface area contributed by atoms with E-state index in [1.807, 2.05) is 0 Å². The molecule has 0 saturated carbocycles. The summed E-state index contributed by atoms with van der Waals surface area (Å²) in [5.74, 6) is -0.148. The van der Waals surface area contributed by atoms with Crippen LogP contribution >= 0.6 is 0 Å². The van der Waals surface area contributed by atoms with Gasteiger partial charge in [0.1, 0.15) is 0 Å². The SMILES string of the molecule is NC(=O)C[N+]12CCN(CC1)CC2.O=S(=O)(O)F.O=S(=O)(O)F.O=S(=O)([O-])F. The normalized spacial score (nSPS) is 24.1. The van der Waals surface area contributed by atoms with Gasteiger partial charge in [0, 0.05) is 19.6 Å². The van der Waals surface area contributed by atoms with Gasteiger partial charge in [-0.1, -0.05) is 7.77 Å². The maximum absolute atomic E-state index is 10.8. The molecule has 3 aliphatic heterocycles.